The molecular formula is C22H27N5O4. The van der Waals surface area contributed by atoms with E-state index in [0.29, 0.717) is 37.7 Å². The van der Waals surface area contributed by atoms with Crippen molar-refractivity contribution in [3.05, 3.63) is 36.5 Å². The molecule has 3 aromatic rings. The molecule has 3 heterocycles. The van der Waals surface area contributed by atoms with Crippen molar-refractivity contribution in [2.24, 2.45) is 0 Å². The Morgan fingerprint density at radius 1 is 1.03 bits per heavy atom. The maximum absolute atomic E-state index is 12.1. The molecule has 0 saturated carbocycles. The van der Waals surface area contributed by atoms with E-state index in [2.05, 4.69) is 9.88 Å². The Morgan fingerprint density at radius 3 is 2.48 bits per heavy atom. The van der Waals surface area contributed by atoms with Crippen LogP contribution in [0.2, 0.25) is 0 Å². The number of carbonyl (C=O) groups is 1. The highest BCUT2D eigenvalue weighted by Gasteiger charge is 2.24. The summed E-state index contributed by atoms with van der Waals surface area (Å²) in [4.78, 5) is 20.5. The van der Waals surface area contributed by atoms with Crippen molar-refractivity contribution in [2.45, 2.75) is 20.0 Å². The second-order valence-corrected chi connectivity index (χ2v) is 7.55. The minimum Gasteiger partial charge on any atom is -0.493 e. The van der Waals surface area contributed by atoms with Gasteiger partial charge in [0.2, 0.25) is 0 Å². The molecule has 0 unspecified atom stereocenters. The first-order valence-corrected chi connectivity index (χ1v) is 10.3. The highest BCUT2D eigenvalue weighted by atomic mass is 16.6. The molecule has 4 rings (SSSR count). The summed E-state index contributed by atoms with van der Waals surface area (Å²) in [5, 5.41) is 4.83. The number of anilines is 1. The molecule has 1 aliphatic heterocycles. The van der Waals surface area contributed by atoms with Crippen LogP contribution in [0.4, 0.5) is 10.6 Å². The predicted octanol–water partition coefficient (Wildman–Crippen LogP) is 3.08. The third-order valence-corrected chi connectivity index (χ3v) is 5.23. The molecule has 1 fully saturated rings. The predicted molar refractivity (Wildman–Crippen MR) is 117 cm³/mol. The summed E-state index contributed by atoms with van der Waals surface area (Å²) in [6, 6.07) is 9.62. The summed E-state index contributed by atoms with van der Waals surface area (Å²) in [7, 11) is 3.23. The van der Waals surface area contributed by atoms with Gasteiger partial charge >= 0.3 is 6.09 Å². The summed E-state index contributed by atoms with van der Waals surface area (Å²) in [6.07, 6.45) is 1.39. The molecular weight excluding hydrogens is 398 g/mol. The summed E-state index contributed by atoms with van der Waals surface area (Å²) in [5.74, 6) is 2.11. The Hall–Kier alpha value is -3.49. The topological polar surface area (TPSA) is 81.4 Å². The van der Waals surface area contributed by atoms with Crippen LogP contribution >= 0.6 is 0 Å². The van der Waals surface area contributed by atoms with E-state index in [1.54, 1.807) is 25.3 Å². The minimum atomic E-state index is -0.264. The zero-order valence-corrected chi connectivity index (χ0v) is 18.2. The second-order valence-electron chi connectivity index (χ2n) is 7.55. The lowest BCUT2D eigenvalue weighted by Gasteiger charge is -2.35. The number of amides is 1. The van der Waals surface area contributed by atoms with Crippen molar-refractivity contribution in [1.82, 2.24) is 19.5 Å². The van der Waals surface area contributed by atoms with Crippen molar-refractivity contribution in [2.75, 3.05) is 45.3 Å². The average molecular weight is 425 g/mol. The summed E-state index contributed by atoms with van der Waals surface area (Å²) < 4.78 is 18.1. The number of methoxy groups -OCH3 is 2. The van der Waals surface area contributed by atoms with E-state index in [4.69, 9.17) is 19.3 Å². The van der Waals surface area contributed by atoms with Gasteiger partial charge in [0.05, 0.1) is 32.2 Å². The zero-order chi connectivity index (χ0) is 22.0. The van der Waals surface area contributed by atoms with Gasteiger partial charge in [0, 0.05) is 31.7 Å². The van der Waals surface area contributed by atoms with Crippen LogP contribution in [0, 0.1) is 0 Å². The van der Waals surface area contributed by atoms with E-state index < -0.39 is 0 Å². The lowest BCUT2D eigenvalue weighted by molar-refractivity contribution is 0.0751. The number of aromatic nitrogens is 3. The van der Waals surface area contributed by atoms with Crippen molar-refractivity contribution in [1.29, 1.82) is 0 Å². The average Bonchev–Trinajstić information content (AvgIpc) is 3.21. The number of hydrogen-bond acceptors (Lipinski definition) is 7. The quantitative estimate of drug-likeness (QED) is 0.621. The van der Waals surface area contributed by atoms with Gasteiger partial charge in [-0.25, -0.2) is 14.3 Å². The fraction of sp³-hybridized carbons (Fsp3) is 0.409. The van der Waals surface area contributed by atoms with Crippen LogP contribution in [0.25, 0.3) is 16.9 Å². The minimum absolute atomic E-state index is 0.122. The third-order valence-electron chi connectivity index (χ3n) is 5.23. The molecule has 1 aromatic carbocycles. The van der Waals surface area contributed by atoms with E-state index in [1.807, 2.05) is 48.7 Å². The van der Waals surface area contributed by atoms with Crippen LogP contribution in [0.5, 0.6) is 11.5 Å². The van der Waals surface area contributed by atoms with Crippen LogP contribution in [-0.2, 0) is 4.74 Å². The molecule has 164 valence electrons. The highest BCUT2D eigenvalue weighted by molar-refractivity contribution is 5.73. The lowest BCUT2D eigenvalue weighted by Crippen LogP contribution is -2.49. The van der Waals surface area contributed by atoms with Crippen LogP contribution < -0.4 is 14.4 Å². The Bertz CT molecular complexity index is 1070. The van der Waals surface area contributed by atoms with E-state index >= 15 is 0 Å². The first-order valence-electron chi connectivity index (χ1n) is 10.3. The number of fused-ring (bicyclic) bond motifs is 1. The summed E-state index contributed by atoms with van der Waals surface area (Å²) in [6.45, 7) is 6.24. The first kappa shape index (κ1) is 20.8. The number of para-hydroxylation sites is 1. The number of benzene rings is 1. The smallest absolute Gasteiger partial charge is 0.410 e. The second kappa shape index (κ2) is 8.71. The molecule has 9 heteroatoms. The lowest BCUT2D eigenvalue weighted by atomic mass is 10.1. The Labute approximate surface area is 181 Å². The van der Waals surface area contributed by atoms with Crippen molar-refractivity contribution in [3.63, 3.8) is 0 Å². The monoisotopic (exact) mass is 425 g/mol. The highest BCUT2D eigenvalue weighted by Crippen LogP contribution is 2.37. The Balaban J connectivity index is 1.60. The number of carbonyl (C=O) groups excluding carboxylic acids is 1. The van der Waals surface area contributed by atoms with Gasteiger partial charge in [-0.2, -0.15) is 0 Å². The molecule has 0 spiro atoms. The molecule has 0 aliphatic carbocycles. The van der Waals surface area contributed by atoms with Gasteiger partial charge in [0.15, 0.2) is 17.1 Å². The van der Waals surface area contributed by atoms with E-state index in [-0.39, 0.29) is 12.2 Å². The number of rotatable bonds is 5. The fourth-order valence-corrected chi connectivity index (χ4v) is 3.70. The first-order chi connectivity index (χ1) is 15.0. The van der Waals surface area contributed by atoms with Crippen LogP contribution in [-0.4, -0.2) is 72.1 Å². The van der Waals surface area contributed by atoms with E-state index in [0.717, 1.165) is 22.7 Å². The van der Waals surface area contributed by atoms with Gasteiger partial charge in [-0.1, -0.05) is 6.07 Å². The number of piperazine rings is 1. The molecule has 0 bridgehead atoms. The standard InChI is InChI=1S/C22H27N5O4/c1-15(2)31-22(28)26-12-10-25(11-13-26)20-9-8-19-23-14-17(27(19)24-20)16-6-5-7-18(29-3)21(16)30-4/h5-9,14-15H,10-13H2,1-4H3. The SMILES string of the molecule is COc1cccc(-c2cnc3ccc(N4CCN(C(=O)OC(C)C)CC4)nn23)c1OC. The van der Waals surface area contributed by atoms with E-state index in [1.165, 1.54) is 0 Å². The molecule has 9 nitrogen and oxygen atoms in total. The van der Waals surface area contributed by atoms with Gasteiger partial charge in [0.25, 0.3) is 0 Å². The molecule has 31 heavy (non-hydrogen) atoms. The number of ether oxygens (including phenoxy) is 3. The van der Waals surface area contributed by atoms with Gasteiger partial charge in [-0.15, -0.1) is 5.10 Å². The summed E-state index contributed by atoms with van der Waals surface area (Å²) in [5.41, 5.74) is 2.40. The van der Waals surface area contributed by atoms with Gasteiger partial charge in [0.1, 0.15) is 5.82 Å². The molecule has 1 aliphatic rings. The molecule has 0 radical (unpaired) electrons. The van der Waals surface area contributed by atoms with Gasteiger partial charge in [-0.05, 0) is 38.1 Å². The largest absolute Gasteiger partial charge is 0.493 e. The molecule has 0 atom stereocenters. The maximum Gasteiger partial charge on any atom is 0.410 e. The number of imidazole rings is 1. The Morgan fingerprint density at radius 2 is 1.81 bits per heavy atom. The van der Waals surface area contributed by atoms with Crippen LogP contribution in [0.1, 0.15) is 13.8 Å². The number of nitrogens with zero attached hydrogens (tertiary/aromatic N) is 5. The van der Waals surface area contributed by atoms with Crippen LogP contribution in [0.3, 0.4) is 0 Å². The van der Waals surface area contributed by atoms with Gasteiger partial charge < -0.3 is 24.0 Å². The van der Waals surface area contributed by atoms with Crippen molar-refractivity contribution >= 4 is 17.6 Å². The Kier molecular flexibility index (Phi) is 5.83. The molecule has 0 N–H and O–H groups in total. The molecule has 1 saturated heterocycles. The molecule has 1 amide bonds. The van der Waals surface area contributed by atoms with Crippen molar-refractivity contribution in [3.8, 4) is 22.8 Å². The third kappa shape index (κ3) is 4.08. The van der Waals surface area contributed by atoms with Crippen LogP contribution in [0.15, 0.2) is 36.5 Å². The normalized spacial score (nSPS) is 14.2. The molecule has 2 aromatic heterocycles. The van der Waals surface area contributed by atoms with E-state index in [9.17, 15) is 4.79 Å². The zero-order valence-electron chi connectivity index (χ0n) is 18.2. The van der Waals surface area contributed by atoms with Gasteiger partial charge in [-0.3, -0.25) is 0 Å². The fourth-order valence-electron chi connectivity index (χ4n) is 3.70. The number of hydrogen-bond donors (Lipinski definition) is 0. The van der Waals surface area contributed by atoms with Crippen molar-refractivity contribution < 1.29 is 19.0 Å². The summed E-state index contributed by atoms with van der Waals surface area (Å²) >= 11 is 0. The maximum atomic E-state index is 12.1.